The molecule has 1 saturated carbocycles. The van der Waals surface area contributed by atoms with E-state index in [-0.39, 0.29) is 5.60 Å². The van der Waals surface area contributed by atoms with Crippen LogP contribution >= 0.6 is 0 Å². The Labute approximate surface area is 116 Å². The van der Waals surface area contributed by atoms with E-state index in [1.54, 1.807) is 0 Å². The van der Waals surface area contributed by atoms with Crippen molar-refractivity contribution in [3.8, 4) is 5.75 Å². The van der Waals surface area contributed by atoms with Gasteiger partial charge in [-0.3, -0.25) is 0 Å². The Bertz CT molecular complexity index is 421. The van der Waals surface area contributed by atoms with Gasteiger partial charge >= 0.3 is 0 Å². The second-order valence-electron chi connectivity index (χ2n) is 5.97. The molecule has 0 amide bonds. The minimum Gasteiger partial charge on any atom is -0.490 e. The molecular weight excluding hydrogens is 236 g/mol. The quantitative estimate of drug-likeness (QED) is 0.814. The van der Waals surface area contributed by atoms with Crippen LogP contribution in [0.5, 0.6) is 5.75 Å². The largest absolute Gasteiger partial charge is 0.490 e. The molecule has 0 aromatic heterocycles. The predicted molar refractivity (Wildman–Crippen MR) is 76.6 cm³/mol. The van der Waals surface area contributed by atoms with Gasteiger partial charge in [0.25, 0.3) is 0 Å². The maximum absolute atomic E-state index is 6.20. The third-order valence-electron chi connectivity index (χ3n) is 4.57. The smallest absolute Gasteiger partial charge is 0.119 e. The maximum atomic E-state index is 6.20. The van der Waals surface area contributed by atoms with E-state index in [9.17, 15) is 0 Å². The number of rotatable bonds is 3. The summed E-state index contributed by atoms with van der Waals surface area (Å²) in [6, 6.07) is 8.51. The molecule has 2 aliphatic rings. The van der Waals surface area contributed by atoms with Crippen LogP contribution in [0.1, 0.15) is 51.0 Å². The number of ether oxygens (including phenoxy) is 2. The van der Waals surface area contributed by atoms with Gasteiger partial charge in [0.15, 0.2) is 0 Å². The topological polar surface area (TPSA) is 18.5 Å². The van der Waals surface area contributed by atoms with Crippen LogP contribution in [0.3, 0.4) is 0 Å². The molecule has 1 aromatic rings. The fourth-order valence-corrected chi connectivity index (χ4v) is 3.48. The van der Waals surface area contributed by atoms with Crippen LogP contribution in [-0.2, 0) is 11.2 Å². The molecule has 1 heterocycles. The molecule has 1 saturated heterocycles. The van der Waals surface area contributed by atoms with Gasteiger partial charge in [-0.2, -0.15) is 0 Å². The SMILES string of the molecule is CCc1cccc(OC2CCOC3(CCCC3)C2)c1. The summed E-state index contributed by atoms with van der Waals surface area (Å²) in [6.45, 7) is 3.04. The van der Waals surface area contributed by atoms with Gasteiger partial charge in [-0.15, -0.1) is 0 Å². The Balaban J connectivity index is 1.65. The lowest BCUT2D eigenvalue weighted by Gasteiger charge is -2.38. The summed E-state index contributed by atoms with van der Waals surface area (Å²) in [4.78, 5) is 0. The molecule has 1 aromatic carbocycles. The van der Waals surface area contributed by atoms with Gasteiger partial charge in [0.05, 0.1) is 12.2 Å². The molecule has 3 rings (SSSR count). The molecule has 0 N–H and O–H groups in total. The van der Waals surface area contributed by atoms with Crippen LogP contribution in [0.25, 0.3) is 0 Å². The molecule has 1 unspecified atom stereocenters. The Morgan fingerprint density at radius 3 is 2.95 bits per heavy atom. The van der Waals surface area contributed by atoms with Crippen LogP contribution < -0.4 is 4.74 Å². The highest BCUT2D eigenvalue weighted by atomic mass is 16.5. The minimum atomic E-state index is 0.144. The standard InChI is InChI=1S/C17H24O2/c1-2-14-6-5-7-15(12-14)19-16-8-11-18-17(13-16)9-3-4-10-17/h5-7,12,16H,2-4,8-11,13H2,1H3. The molecular formula is C17H24O2. The first-order valence-corrected chi connectivity index (χ1v) is 7.69. The van der Waals surface area contributed by atoms with Gasteiger partial charge in [-0.1, -0.05) is 31.9 Å². The Morgan fingerprint density at radius 2 is 2.16 bits per heavy atom. The fraction of sp³-hybridized carbons (Fsp3) is 0.647. The van der Waals surface area contributed by atoms with Crippen molar-refractivity contribution < 1.29 is 9.47 Å². The van der Waals surface area contributed by atoms with E-state index >= 15 is 0 Å². The van der Waals surface area contributed by atoms with Crippen molar-refractivity contribution >= 4 is 0 Å². The summed E-state index contributed by atoms with van der Waals surface area (Å²) in [5.74, 6) is 1.03. The average molecular weight is 260 g/mol. The van der Waals surface area contributed by atoms with Gasteiger partial charge in [-0.05, 0) is 37.0 Å². The first-order chi connectivity index (χ1) is 9.30. The highest BCUT2D eigenvalue weighted by Crippen LogP contribution is 2.40. The monoisotopic (exact) mass is 260 g/mol. The fourth-order valence-electron chi connectivity index (χ4n) is 3.48. The van der Waals surface area contributed by atoms with Crippen molar-refractivity contribution in [1.29, 1.82) is 0 Å². The molecule has 2 nitrogen and oxygen atoms in total. The summed E-state index contributed by atoms with van der Waals surface area (Å²) < 4.78 is 12.3. The van der Waals surface area contributed by atoms with Crippen molar-refractivity contribution in [2.24, 2.45) is 0 Å². The average Bonchev–Trinajstić information content (AvgIpc) is 2.87. The molecule has 1 atom stereocenters. The molecule has 2 heteroatoms. The van der Waals surface area contributed by atoms with E-state index in [4.69, 9.17) is 9.47 Å². The number of aryl methyl sites for hydroxylation is 1. The zero-order valence-corrected chi connectivity index (χ0v) is 11.9. The highest BCUT2D eigenvalue weighted by molar-refractivity contribution is 5.28. The van der Waals surface area contributed by atoms with Crippen molar-refractivity contribution in [3.63, 3.8) is 0 Å². The lowest BCUT2D eigenvalue weighted by molar-refractivity contribution is -0.108. The van der Waals surface area contributed by atoms with E-state index in [0.717, 1.165) is 31.6 Å². The van der Waals surface area contributed by atoms with E-state index in [1.807, 2.05) is 0 Å². The Hall–Kier alpha value is -1.02. The van der Waals surface area contributed by atoms with Crippen molar-refractivity contribution in [2.45, 2.75) is 63.6 Å². The molecule has 104 valence electrons. The lowest BCUT2D eigenvalue weighted by Crippen LogP contribution is -2.41. The molecule has 0 radical (unpaired) electrons. The summed E-state index contributed by atoms with van der Waals surface area (Å²) in [5.41, 5.74) is 1.49. The zero-order valence-electron chi connectivity index (χ0n) is 11.9. The molecule has 1 aliphatic carbocycles. The van der Waals surface area contributed by atoms with Crippen molar-refractivity contribution in [3.05, 3.63) is 29.8 Å². The van der Waals surface area contributed by atoms with Gasteiger partial charge in [0.1, 0.15) is 11.9 Å². The summed E-state index contributed by atoms with van der Waals surface area (Å²) in [7, 11) is 0. The van der Waals surface area contributed by atoms with Crippen LogP contribution in [0, 0.1) is 0 Å². The third kappa shape index (κ3) is 2.94. The first-order valence-electron chi connectivity index (χ1n) is 7.69. The van der Waals surface area contributed by atoms with Gasteiger partial charge in [0, 0.05) is 12.8 Å². The molecule has 1 aliphatic heterocycles. The minimum absolute atomic E-state index is 0.144. The van der Waals surface area contributed by atoms with Gasteiger partial charge in [0.2, 0.25) is 0 Å². The second kappa shape index (κ2) is 5.54. The molecule has 0 bridgehead atoms. The summed E-state index contributed by atoms with van der Waals surface area (Å²) in [5, 5.41) is 0. The maximum Gasteiger partial charge on any atom is 0.119 e. The van der Waals surface area contributed by atoms with Gasteiger partial charge < -0.3 is 9.47 Å². The highest BCUT2D eigenvalue weighted by Gasteiger charge is 2.40. The Morgan fingerprint density at radius 1 is 1.32 bits per heavy atom. The predicted octanol–water partition coefficient (Wildman–Crippen LogP) is 4.12. The van der Waals surface area contributed by atoms with Crippen LogP contribution in [0.4, 0.5) is 0 Å². The number of hydrogen-bond acceptors (Lipinski definition) is 2. The van der Waals surface area contributed by atoms with E-state index < -0.39 is 0 Å². The van der Waals surface area contributed by atoms with Crippen molar-refractivity contribution in [2.75, 3.05) is 6.61 Å². The second-order valence-corrected chi connectivity index (χ2v) is 5.97. The first kappa shape index (κ1) is 13.0. The molecule has 1 spiro atoms. The van der Waals surface area contributed by atoms with Crippen molar-refractivity contribution in [1.82, 2.24) is 0 Å². The van der Waals surface area contributed by atoms with E-state index in [2.05, 4.69) is 31.2 Å². The summed E-state index contributed by atoms with van der Waals surface area (Å²) in [6.07, 6.45) is 8.58. The van der Waals surface area contributed by atoms with E-state index in [1.165, 1.54) is 31.2 Å². The summed E-state index contributed by atoms with van der Waals surface area (Å²) >= 11 is 0. The number of benzene rings is 1. The van der Waals surface area contributed by atoms with Crippen LogP contribution in [-0.4, -0.2) is 18.3 Å². The van der Waals surface area contributed by atoms with E-state index in [0.29, 0.717) is 6.10 Å². The van der Waals surface area contributed by atoms with Crippen LogP contribution in [0.15, 0.2) is 24.3 Å². The molecule has 2 fully saturated rings. The third-order valence-corrected chi connectivity index (χ3v) is 4.57. The Kier molecular flexibility index (Phi) is 3.79. The van der Waals surface area contributed by atoms with Gasteiger partial charge in [-0.25, -0.2) is 0 Å². The van der Waals surface area contributed by atoms with Crippen LogP contribution in [0.2, 0.25) is 0 Å². The lowest BCUT2D eigenvalue weighted by atomic mass is 9.90. The number of hydrogen-bond donors (Lipinski definition) is 0. The zero-order chi connectivity index (χ0) is 13.1. The molecule has 19 heavy (non-hydrogen) atoms. The normalized spacial score (nSPS) is 25.6.